The molecule has 0 aromatic heterocycles. The molecular weight excluding hydrogens is 408 g/mol. The quantitative estimate of drug-likeness (QED) is 0.259. The first kappa shape index (κ1) is 20.4. The van der Waals surface area contributed by atoms with Crippen LogP contribution in [0.15, 0.2) is 121 Å². The van der Waals surface area contributed by atoms with Gasteiger partial charge in [-0.2, -0.15) is 0 Å². The molecular formula is C34H26. The van der Waals surface area contributed by atoms with Crippen LogP contribution in [0.3, 0.4) is 0 Å². The first-order valence-corrected chi connectivity index (χ1v) is 12.0. The molecule has 0 aliphatic heterocycles. The summed E-state index contributed by atoms with van der Waals surface area (Å²) in [5, 5.41) is 0. The lowest BCUT2D eigenvalue weighted by Gasteiger charge is -2.24. The fourth-order valence-electron chi connectivity index (χ4n) is 5.45. The molecule has 34 heavy (non-hydrogen) atoms. The van der Waals surface area contributed by atoms with Crippen LogP contribution in [0, 0.1) is 0 Å². The van der Waals surface area contributed by atoms with Crippen LogP contribution in [0.25, 0.3) is 50.6 Å². The molecule has 5 aromatic carbocycles. The van der Waals surface area contributed by atoms with Gasteiger partial charge in [0.2, 0.25) is 0 Å². The molecule has 1 aliphatic rings. The molecule has 0 bridgehead atoms. The number of benzene rings is 5. The van der Waals surface area contributed by atoms with E-state index in [1.165, 1.54) is 61.2 Å². The lowest BCUT2D eigenvalue weighted by atomic mass is 9.79. The summed E-state index contributed by atoms with van der Waals surface area (Å²) in [5.41, 5.74) is 14.6. The van der Waals surface area contributed by atoms with Gasteiger partial charge in [0, 0.05) is 0 Å². The number of hydrogen-bond donors (Lipinski definition) is 0. The molecule has 0 atom stereocenters. The van der Waals surface area contributed by atoms with Crippen molar-refractivity contribution < 1.29 is 0 Å². The summed E-state index contributed by atoms with van der Waals surface area (Å²) < 4.78 is 0. The van der Waals surface area contributed by atoms with Crippen molar-refractivity contribution in [1.29, 1.82) is 0 Å². The van der Waals surface area contributed by atoms with Gasteiger partial charge in [0.15, 0.2) is 0 Å². The highest BCUT2D eigenvalue weighted by Crippen LogP contribution is 2.53. The van der Waals surface area contributed by atoms with Crippen LogP contribution in [-0.4, -0.2) is 0 Å². The molecule has 0 heteroatoms. The van der Waals surface area contributed by atoms with Crippen LogP contribution in [0.4, 0.5) is 0 Å². The first-order chi connectivity index (χ1) is 16.9. The highest BCUT2D eigenvalue weighted by Gasteiger charge is 2.30. The molecule has 0 saturated heterocycles. The Balaban J connectivity index is 1.86. The third-order valence-corrected chi connectivity index (χ3v) is 6.82. The van der Waals surface area contributed by atoms with Crippen molar-refractivity contribution in [3.63, 3.8) is 0 Å². The van der Waals surface area contributed by atoms with Crippen LogP contribution < -0.4 is 0 Å². The minimum absolute atomic E-state index is 0.958. The summed E-state index contributed by atoms with van der Waals surface area (Å²) in [4.78, 5) is 0. The second kappa shape index (κ2) is 8.65. The van der Waals surface area contributed by atoms with Gasteiger partial charge in [0.25, 0.3) is 0 Å². The van der Waals surface area contributed by atoms with Gasteiger partial charge in [-0.1, -0.05) is 127 Å². The summed E-state index contributed by atoms with van der Waals surface area (Å²) in [5.74, 6) is 0. The van der Waals surface area contributed by atoms with Crippen molar-refractivity contribution in [3.05, 3.63) is 138 Å². The largest absolute Gasteiger partial charge is 0.0870 e. The molecule has 0 amide bonds. The first-order valence-electron chi connectivity index (χ1n) is 12.0. The highest BCUT2D eigenvalue weighted by molar-refractivity contribution is 6.07. The van der Waals surface area contributed by atoms with Crippen LogP contribution in [0.5, 0.6) is 0 Å². The Bertz CT molecular complexity index is 1490. The Labute approximate surface area is 201 Å². The zero-order chi connectivity index (χ0) is 22.9. The van der Waals surface area contributed by atoms with Crippen LogP contribution >= 0.6 is 0 Å². The van der Waals surface area contributed by atoms with E-state index in [-0.39, 0.29) is 0 Å². The van der Waals surface area contributed by atoms with Gasteiger partial charge in [-0.25, -0.2) is 0 Å². The molecule has 0 unspecified atom stereocenters. The number of fused-ring (bicyclic) bond motifs is 3. The van der Waals surface area contributed by atoms with Crippen molar-refractivity contribution in [2.45, 2.75) is 13.3 Å². The summed E-state index contributed by atoms with van der Waals surface area (Å²) in [7, 11) is 0. The third-order valence-electron chi connectivity index (χ3n) is 6.82. The Morgan fingerprint density at radius 2 is 0.971 bits per heavy atom. The van der Waals surface area contributed by atoms with Crippen molar-refractivity contribution in [1.82, 2.24) is 0 Å². The second-order valence-electron chi connectivity index (χ2n) is 8.82. The van der Waals surface area contributed by atoms with Crippen molar-refractivity contribution in [2.75, 3.05) is 0 Å². The van der Waals surface area contributed by atoms with Crippen LogP contribution in [0.1, 0.15) is 23.6 Å². The summed E-state index contributed by atoms with van der Waals surface area (Å²) >= 11 is 0. The zero-order valence-electron chi connectivity index (χ0n) is 19.3. The summed E-state index contributed by atoms with van der Waals surface area (Å²) in [6.07, 6.45) is 5.45. The van der Waals surface area contributed by atoms with Gasteiger partial charge < -0.3 is 0 Å². The normalized spacial score (nSPS) is 12.0. The lowest BCUT2D eigenvalue weighted by Crippen LogP contribution is -2.00. The van der Waals surface area contributed by atoms with E-state index in [2.05, 4.69) is 134 Å². The molecule has 0 heterocycles. The van der Waals surface area contributed by atoms with Gasteiger partial charge in [0.05, 0.1) is 0 Å². The molecule has 0 N–H and O–H groups in total. The van der Waals surface area contributed by atoms with E-state index in [9.17, 15) is 0 Å². The Morgan fingerprint density at radius 1 is 0.500 bits per heavy atom. The average molecular weight is 435 g/mol. The maximum Gasteiger partial charge on any atom is -0.000705 e. The fraction of sp³-hybridized carbons (Fsp3) is 0.0588. The van der Waals surface area contributed by atoms with E-state index in [0.29, 0.717) is 0 Å². The Morgan fingerprint density at radius 3 is 1.53 bits per heavy atom. The van der Waals surface area contributed by atoms with E-state index in [0.717, 1.165) is 6.42 Å². The predicted molar refractivity (Wildman–Crippen MR) is 146 cm³/mol. The zero-order valence-corrected chi connectivity index (χ0v) is 19.3. The fourth-order valence-corrected chi connectivity index (χ4v) is 5.45. The minimum Gasteiger partial charge on any atom is -0.0870 e. The summed E-state index contributed by atoms with van der Waals surface area (Å²) in [6.45, 7) is 2.12. The molecule has 0 saturated carbocycles. The predicted octanol–water partition coefficient (Wildman–Crippen LogP) is 9.29. The number of allylic oxidation sites excluding steroid dienone is 1. The summed E-state index contributed by atoms with van der Waals surface area (Å²) in [6, 6.07) is 41.6. The standard InChI is InChI=1S/C34H26/c1-2-14-29-30-23-27-21-12-13-22-28(27)34(30)33(26-19-10-5-11-20-26)32(25-17-8-4-9-18-25)31(29)24-15-6-3-7-16-24/h2-22H,23H2,1H3. The molecule has 5 aromatic rings. The van der Waals surface area contributed by atoms with Gasteiger partial charge in [-0.3, -0.25) is 0 Å². The second-order valence-corrected chi connectivity index (χ2v) is 8.82. The molecule has 0 fully saturated rings. The van der Waals surface area contributed by atoms with Crippen molar-refractivity contribution >= 4 is 6.08 Å². The minimum atomic E-state index is 0.958. The molecule has 6 rings (SSSR count). The molecule has 0 nitrogen and oxygen atoms in total. The average Bonchev–Trinajstić information content (AvgIpc) is 3.29. The SMILES string of the molecule is CC=Cc1c2c(c(-c3ccccc3)c(-c3ccccc3)c1-c1ccccc1)-c1ccccc1C2. The maximum atomic E-state index is 2.31. The Kier molecular flexibility index (Phi) is 5.20. The van der Waals surface area contributed by atoms with E-state index < -0.39 is 0 Å². The molecule has 162 valence electrons. The molecule has 0 spiro atoms. The Hall–Kier alpha value is -4.16. The maximum absolute atomic E-state index is 2.31. The van der Waals surface area contributed by atoms with E-state index >= 15 is 0 Å². The molecule has 1 aliphatic carbocycles. The lowest BCUT2D eigenvalue weighted by molar-refractivity contribution is 1.25. The van der Waals surface area contributed by atoms with Crippen LogP contribution in [-0.2, 0) is 6.42 Å². The number of hydrogen-bond acceptors (Lipinski definition) is 0. The van der Waals surface area contributed by atoms with E-state index in [1.54, 1.807) is 0 Å². The van der Waals surface area contributed by atoms with Crippen molar-refractivity contribution in [3.8, 4) is 44.5 Å². The highest BCUT2D eigenvalue weighted by atomic mass is 14.3. The van der Waals surface area contributed by atoms with Gasteiger partial charge in [-0.15, -0.1) is 0 Å². The third kappa shape index (κ3) is 3.31. The topological polar surface area (TPSA) is 0 Å². The van der Waals surface area contributed by atoms with E-state index in [1.807, 2.05) is 0 Å². The van der Waals surface area contributed by atoms with E-state index in [4.69, 9.17) is 0 Å². The van der Waals surface area contributed by atoms with Gasteiger partial charge >= 0.3 is 0 Å². The van der Waals surface area contributed by atoms with Crippen LogP contribution in [0.2, 0.25) is 0 Å². The molecule has 0 radical (unpaired) electrons. The van der Waals surface area contributed by atoms with Gasteiger partial charge in [-0.05, 0) is 74.5 Å². The van der Waals surface area contributed by atoms with Gasteiger partial charge in [0.1, 0.15) is 0 Å². The number of rotatable bonds is 4. The monoisotopic (exact) mass is 434 g/mol. The smallest absolute Gasteiger partial charge is 0.000705 e. The van der Waals surface area contributed by atoms with Crippen molar-refractivity contribution in [2.24, 2.45) is 0 Å².